The third-order valence-electron chi connectivity index (χ3n) is 2.57. The summed E-state index contributed by atoms with van der Waals surface area (Å²) in [6.45, 7) is 3.89. The van der Waals surface area contributed by atoms with Crippen molar-refractivity contribution in [3.63, 3.8) is 0 Å². The molecule has 0 heterocycles. The Morgan fingerprint density at radius 1 is 1.19 bits per heavy atom. The Balaban J connectivity index is 2.74. The molecule has 0 radical (unpaired) electrons. The van der Waals surface area contributed by atoms with Crippen molar-refractivity contribution in [3.05, 3.63) is 40.7 Å². The lowest BCUT2D eigenvalue weighted by atomic mass is 10.0. The number of halogens is 3. The molecule has 1 aromatic rings. The van der Waals surface area contributed by atoms with Gasteiger partial charge in [-0.1, -0.05) is 13.8 Å². The summed E-state index contributed by atoms with van der Waals surface area (Å²) in [5.41, 5.74) is -0.308. The highest BCUT2D eigenvalue weighted by Gasteiger charge is 2.15. The first-order chi connectivity index (χ1) is 9.83. The molecule has 0 fully saturated rings. The number of hydrogen-bond acceptors (Lipinski definition) is 3. The second kappa shape index (κ2) is 7.64. The molecule has 3 nitrogen and oxygen atoms in total. The molecule has 0 amide bonds. The minimum Gasteiger partial charge on any atom is -0.465 e. The molecule has 0 unspecified atom stereocenters. The van der Waals surface area contributed by atoms with Gasteiger partial charge in [-0.25, -0.2) is 18.0 Å². The maximum Gasteiger partial charge on any atom is 0.310 e. The molecule has 1 rings (SSSR count). The van der Waals surface area contributed by atoms with Crippen molar-refractivity contribution in [1.82, 2.24) is 0 Å². The fourth-order valence-electron chi connectivity index (χ4n) is 1.55. The first-order valence-corrected chi connectivity index (χ1v) is 6.35. The van der Waals surface area contributed by atoms with Gasteiger partial charge in [-0.2, -0.15) is 0 Å². The van der Waals surface area contributed by atoms with Crippen LogP contribution in [0.5, 0.6) is 0 Å². The van der Waals surface area contributed by atoms with Gasteiger partial charge < -0.3 is 4.74 Å². The number of carbonyl (C=O) groups excluding carboxylic acids is 2. The largest absolute Gasteiger partial charge is 0.465 e. The van der Waals surface area contributed by atoms with E-state index in [1.807, 2.05) is 13.8 Å². The van der Waals surface area contributed by atoms with E-state index in [1.165, 1.54) is 5.94 Å². The Morgan fingerprint density at radius 3 is 2.38 bits per heavy atom. The summed E-state index contributed by atoms with van der Waals surface area (Å²) in [6, 6.07) is 1.05. The van der Waals surface area contributed by atoms with E-state index in [4.69, 9.17) is 4.74 Å². The molecule has 1 aromatic carbocycles. The predicted molar refractivity (Wildman–Crippen MR) is 69.6 cm³/mol. The molecule has 0 aromatic heterocycles. The van der Waals surface area contributed by atoms with Crippen molar-refractivity contribution in [3.8, 4) is 0 Å². The quantitative estimate of drug-likeness (QED) is 0.461. The first-order valence-electron chi connectivity index (χ1n) is 6.35. The van der Waals surface area contributed by atoms with E-state index in [0.29, 0.717) is 12.1 Å². The second-order valence-corrected chi connectivity index (χ2v) is 4.99. The zero-order valence-corrected chi connectivity index (χ0v) is 11.7. The lowest BCUT2D eigenvalue weighted by molar-refractivity contribution is -0.143. The predicted octanol–water partition coefficient (Wildman–Crippen LogP) is 2.99. The van der Waals surface area contributed by atoms with Crippen LogP contribution in [-0.2, 0) is 20.7 Å². The normalized spacial score (nSPS) is 10.4. The SMILES string of the molecule is CC(C)COC(=O)CC(=C=O)Cc1cc(F)c(F)cc1F. The van der Waals surface area contributed by atoms with Gasteiger partial charge in [0.25, 0.3) is 0 Å². The summed E-state index contributed by atoms with van der Waals surface area (Å²) >= 11 is 0. The second-order valence-electron chi connectivity index (χ2n) is 4.99. The Kier molecular flexibility index (Phi) is 6.18. The van der Waals surface area contributed by atoms with Gasteiger partial charge in [0.1, 0.15) is 11.8 Å². The molecule has 0 saturated carbocycles. The van der Waals surface area contributed by atoms with E-state index in [1.54, 1.807) is 0 Å². The van der Waals surface area contributed by atoms with Crippen LogP contribution in [0.15, 0.2) is 17.7 Å². The number of esters is 1. The van der Waals surface area contributed by atoms with Crippen molar-refractivity contribution in [2.24, 2.45) is 5.92 Å². The lowest BCUT2D eigenvalue weighted by Gasteiger charge is -2.08. The first kappa shape index (κ1) is 17.0. The van der Waals surface area contributed by atoms with Crippen LogP contribution in [0.25, 0.3) is 0 Å². The number of hydrogen-bond donors (Lipinski definition) is 0. The fraction of sp³-hybridized carbons (Fsp3) is 0.400. The molecular formula is C15H15F3O3. The molecule has 0 atom stereocenters. The van der Waals surface area contributed by atoms with Gasteiger partial charge in [0.05, 0.1) is 13.0 Å². The number of ether oxygens (including phenoxy) is 1. The van der Waals surface area contributed by atoms with Gasteiger partial charge in [0.2, 0.25) is 0 Å². The van der Waals surface area contributed by atoms with Crippen LogP contribution in [0.3, 0.4) is 0 Å². The van der Waals surface area contributed by atoms with Gasteiger partial charge in [-0.15, -0.1) is 0 Å². The Hall–Kier alpha value is -2.07. The monoisotopic (exact) mass is 300 g/mol. The smallest absolute Gasteiger partial charge is 0.310 e. The van der Waals surface area contributed by atoms with Gasteiger partial charge in [-0.3, -0.25) is 4.79 Å². The number of carbonyl (C=O) groups is 1. The van der Waals surface area contributed by atoms with Crippen LogP contribution in [0.4, 0.5) is 13.2 Å². The summed E-state index contributed by atoms with van der Waals surface area (Å²) in [4.78, 5) is 22.2. The number of benzene rings is 1. The highest BCUT2D eigenvalue weighted by Crippen LogP contribution is 2.17. The van der Waals surface area contributed by atoms with Crippen LogP contribution >= 0.6 is 0 Å². The number of rotatable bonds is 6. The third kappa shape index (κ3) is 5.44. The average Bonchev–Trinajstić information content (AvgIpc) is 2.41. The molecule has 0 aliphatic carbocycles. The molecular weight excluding hydrogens is 285 g/mol. The van der Waals surface area contributed by atoms with Crippen LogP contribution < -0.4 is 0 Å². The van der Waals surface area contributed by atoms with Crippen molar-refractivity contribution >= 4 is 11.9 Å². The van der Waals surface area contributed by atoms with Gasteiger partial charge in [-0.05, 0) is 17.5 Å². The Labute approximate surface area is 120 Å². The van der Waals surface area contributed by atoms with Crippen molar-refractivity contribution < 1.29 is 27.5 Å². The molecule has 0 aliphatic rings. The maximum absolute atomic E-state index is 13.5. The Bertz CT molecular complexity index is 576. The molecule has 0 spiro atoms. The Morgan fingerprint density at radius 2 is 1.81 bits per heavy atom. The topological polar surface area (TPSA) is 43.4 Å². The van der Waals surface area contributed by atoms with E-state index >= 15 is 0 Å². The van der Waals surface area contributed by atoms with Crippen LogP contribution in [0, 0.1) is 23.4 Å². The summed E-state index contributed by atoms with van der Waals surface area (Å²) in [5.74, 6) is -2.52. The highest BCUT2D eigenvalue weighted by molar-refractivity contribution is 5.76. The van der Waals surface area contributed by atoms with E-state index in [-0.39, 0.29) is 36.5 Å². The molecule has 0 saturated heterocycles. The average molecular weight is 300 g/mol. The van der Waals surface area contributed by atoms with Crippen LogP contribution in [0.2, 0.25) is 0 Å². The molecule has 21 heavy (non-hydrogen) atoms. The molecule has 0 N–H and O–H groups in total. The van der Waals surface area contributed by atoms with Gasteiger partial charge >= 0.3 is 5.97 Å². The van der Waals surface area contributed by atoms with Gasteiger partial charge in [0.15, 0.2) is 11.6 Å². The van der Waals surface area contributed by atoms with Gasteiger partial charge in [0, 0.05) is 18.1 Å². The van der Waals surface area contributed by atoms with E-state index in [0.717, 1.165) is 0 Å². The molecule has 6 heteroatoms. The maximum atomic E-state index is 13.5. The zero-order chi connectivity index (χ0) is 16.0. The standard InChI is InChI=1S/C15H15F3O3/c1-9(2)8-21-15(20)4-10(7-19)3-11-5-13(17)14(18)6-12(11)16/h5-6,9H,3-4,8H2,1-2H3. The summed E-state index contributed by atoms with van der Waals surface area (Å²) in [5, 5.41) is 0. The van der Waals surface area contributed by atoms with Crippen molar-refractivity contribution in [2.45, 2.75) is 26.7 Å². The van der Waals surface area contributed by atoms with Crippen LogP contribution in [-0.4, -0.2) is 18.5 Å². The zero-order valence-electron chi connectivity index (χ0n) is 11.7. The third-order valence-corrected chi connectivity index (χ3v) is 2.57. The molecule has 0 aliphatic heterocycles. The van der Waals surface area contributed by atoms with Crippen LogP contribution in [0.1, 0.15) is 25.8 Å². The summed E-state index contributed by atoms with van der Waals surface area (Å²) < 4.78 is 44.2. The fourth-order valence-corrected chi connectivity index (χ4v) is 1.55. The van der Waals surface area contributed by atoms with Crippen molar-refractivity contribution in [2.75, 3.05) is 6.61 Å². The lowest BCUT2D eigenvalue weighted by Crippen LogP contribution is -2.12. The molecule has 114 valence electrons. The summed E-state index contributed by atoms with van der Waals surface area (Å²) in [7, 11) is 0. The summed E-state index contributed by atoms with van der Waals surface area (Å²) in [6.07, 6.45) is -0.696. The highest BCUT2D eigenvalue weighted by atomic mass is 19.2. The minimum absolute atomic E-state index is 0.0892. The van der Waals surface area contributed by atoms with E-state index in [2.05, 4.69) is 0 Å². The van der Waals surface area contributed by atoms with E-state index in [9.17, 15) is 22.8 Å². The van der Waals surface area contributed by atoms with E-state index < -0.39 is 23.4 Å². The van der Waals surface area contributed by atoms with Crippen molar-refractivity contribution in [1.29, 1.82) is 0 Å². The molecule has 0 bridgehead atoms. The minimum atomic E-state index is -1.32.